The van der Waals surface area contributed by atoms with Crippen LogP contribution in [0.4, 0.5) is 5.82 Å². The van der Waals surface area contributed by atoms with Crippen molar-refractivity contribution in [2.24, 2.45) is 0 Å². The zero-order chi connectivity index (χ0) is 23.3. The normalized spacial score (nSPS) is 14.8. The molecule has 3 aromatic rings. The van der Waals surface area contributed by atoms with Gasteiger partial charge in [0, 0.05) is 42.7 Å². The molecular formula is C25H26N4O4S. The maximum absolute atomic E-state index is 12.7. The van der Waals surface area contributed by atoms with E-state index in [9.17, 15) is 4.79 Å². The van der Waals surface area contributed by atoms with Crippen LogP contribution in [0, 0.1) is 6.92 Å². The van der Waals surface area contributed by atoms with E-state index in [2.05, 4.69) is 15.2 Å². The molecule has 0 radical (unpaired) electrons. The summed E-state index contributed by atoms with van der Waals surface area (Å²) in [6, 6.07) is 15.3. The summed E-state index contributed by atoms with van der Waals surface area (Å²) >= 11 is 1.57. The molecule has 1 saturated heterocycles. The molecule has 0 atom stereocenters. The molecule has 0 spiro atoms. The van der Waals surface area contributed by atoms with Gasteiger partial charge in [0.15, 0.2) is 16.7 Å². The number of nitrogens with one attached hydrogen (secondary N) is 1. The van der Waals surface area contributed by atoms with Crippen molar-refractivity contribution >= 4 is 23.5 Å². The minimum Gasteiger partial charge on any atom is -0.454 e. The highest BCUT2D eigenvalue weighted by Crippen LogP contribution is 2.32. The van der Waals surface area contributed by atoms with Crippen LogP contribution < -0.4 is 19.7 Å². The van der Waals surface area contributed by atoms with Gasteiger partial charge in [-0.25, -0.2) is 9.97 Å². The van der Waals surface area contributed by atoms with Crippen molar-refractivity contribution in [3.8, 4) is 11.5 Å². The van der Waals surface area contributed by atoms with E-state index in [0.29, 0.717) is 23.6 Å². The number of aryl methyl sites for hydroxylation is 1. The molecule has 2 aliphatic heterocycles. The zero-order valence-corrected chi connectivity index (χ0v) is 19.8. The quantitative estimate of drug-likeness (QED) is 0.408. The Balaban J connectivity index is 1.19. The third-order valence-electron chi connectivity index (χ3n) is 5.60. The Kier molecular flexibility index (Phi) is 6.82. The van der Waals surface area contributed by atoms with Gasteiger partial charge >= 0.3 is 0 Å². The average Bonchev–Trinajstić information content (AvgIpc) is 3.34. The van der Waals surface area contributed by atoms with Crippen molar-refractivity contribution < 1.29 is 19.0 Å². The number of benzene rings is 2. The highest BCUT2D eigenvalue weighted by molar-refractivity contribution is 7.98. The molecule has 2 aliphatic rings. The number of aromatic nitrogens is 2. The van der Waals surface area contributed by atoms with E-state index in [4.69, 9.17) is 19.2 Å². The fourth-order valence-corrected chi connectivity index (χ4v) is 4.67. The molecule has 0 aliphatic carbocycles. The first kappa shape index (κ1) is 22.5. The molecule has 8 nitrogen and oxygen atoms in total. The van der Waals surface area contributed by atoms with Crippen molar-refractivity contribution in [1.29, 1.82) is 0 Å². The number of rotatable bonds is 7. The van der Waals surface area contributed by atoms with Crippen molar-refractivity contribution in [2.45, 2.75) is 24.4 Å². The minimum absolute atomic E-state index is 0.120. The number of hydrogen-bond acceptors (Lipinski definition) is 8. The molecule has 34 heavy (non-hydrogen) atoms. The molecule has 5 rings (SSSR count). The number of amides is 1. The molecule has 0 saturated carbocycles. The number of fused-ring (bicyclic) bond motifs is 1. The third kappa shape index (κ3) is 5.43. The molecule has 3 heterocycles. The highest BCUT2D eigenvalue weighted by atomic mass is 32.2. The van der Waals surface area contributed by atoms with E-state index in [1.807, 2.05) is 55.5 Å². The number of morpholine rings is 1. The van der Waals surface area contributed by atoms with Gasteiger partial charge in [-0.3, -0.25) is 4.79 Å². The molecular weight excluding hydrogens is 452 g/mol. The van der Waals surface area contributed by atoms with Crippen LogP contribution >= 0.6 is 11.8 Å². The lowest BCUT2D eigenvalue weighted by molar-refractivity contribution is 0.0950. The minimum atomic E-state index is -0.120. The molecule has 1 fully saturated rings. The summed E-state index contributed by atoms with van der Waals surface area (Å²) in [5, 5.41) is 3.71. The molecule has 176 valence electrons. The van der Waals surface area contributed by atoms with E-state index in [1.165, 1.54) is 0 Å². The van der Waals surface area contributed by atoms with E-state index in [-0.39, 0.29) is 12.7 Å². The summed E-state index contributed by atoms with van der Waals surface area (Å²) in [5.74, 6) is 2.94. The van der Waals surface area contributed by atoms with Crippen LogP contribution in [0.5, 0.6) is 11.5 Å². The number of ether oxygens (including phenoxy) is 3. The Morgan fingerprint density at radius 2 is 1.88 bits per heavy atom. The Hall–Kier alpha value is -3.30. The molecule has 0 unspecified atom stereocenters. The van der Waals surface area contributed by atoms with E-state index >= 15 is 0 Å². The summed E-state index contributed by atoms with van der Waals surface area (Å²) < 4.78 is 16.2. The molecule has 1 N–H and O–H groups in total. The van der Waals surface area contributed by atoms with Crippen molar-refractivity contribution in [3.05, 3.63) is 70.9 Å². The topological polar surface area (TPSA) is 85.8 Å². The summed E-state index contributed by atoms with van der Waals surface area (Å²) in [6.07, 6.45) is 0. The van der Waals surface area contributed by atoms with Gasteiger partial charge in [-0.1, -0.05) is 30.0 Å². The Morgan fingerprint density at radius 1 is 1.03 bits per heavy atom. The maximum atomic E-state index is 12.7. The predicted octanol–water partition coefficient (Wildman–Crippen LogP) is 3.57. The van der Waals surface area contributed by atoms with Crippen LogP contribution in [0.3, 0.4) is 0 Å². The highest BCUT2D eigenvalue weighted by Gasteiger charge is 2.16. The van der Waals surface area contributed by atoms with Crippen LogP contribution in [-0.4, -0.2) is 49.0 Å². The predicted molar refractivity (Wildman–Crippen MR) is 130 cm³/mol. The lowest BCUT2D eigenvalue weighted by atomic mass is 10.1. The second kappa shape index (κ2) is 10.3. The largest absolute Gasteiger partial charge is 0.454 e. The van der Waals surface area contributed by atoms with Gasteiger partial charge in [-0.15, -0.1) is 0 Å². The number of anilines is 1. The molecule has 1 aromatic heterocycles. The van der Waals surface area contributed by atoms with Gasteiger partial charge in [0.2, 0.25) is 6.79 Å². The SMILES string of the molecule is Cc1cc(N2CCOCC2)nc(SCc2cccc(C(=O)NCc3ccc4c(c3)OCO4)c2)n1. The van der Waals surface area contributed by atoms with E-state index in [1.54, 1.807) is 11.8 Å². The van der Waals surface area contributed by atoms with Crippen molar-refractivity contribution in [3.63, 3.8) is 0 Å². The monoisotopic (exact) mass is 478 g/mol. The number of carbonyl (C=O) groups is 1. The van der Waals surface area contributed by atoms with Crippen LogP contribution in [0.2, 0.25) is 0 Å². The summed E-state index contributed by atoms with van der Waals surface area (Å²) in [7, 11) is 0. The standard InChI is InChI=1S/C25H26N4O4S/c1-17-11-23(29-7-9-31-10-8-29)28-25(27-17)34-15-19-3-2-4-20(12-19)24(30)26-14-18-5-6-21-22(13-18)33-16-32-21/h2-6,11-13H,7-10,14-16H2,1H3,(H,26,30). The van der Waals surface area contributed by atoms with E-state index < -0.39 is 0 Å². The Bertz CT molecular complexity index is 1180. The zero-order valence-electron chi connectivity index (χ0n) is 19.0. The van der Waals surface area contributed by atoms with Crippen LogP contribution in [-0.2, 0) is 17.0 Å². The second-order valence-corrected chi connectivity index (χ2v) is 9.05. The first-order valence-electron chi connectivity index (χ1n) is 11.2. The summed E-state index contributed by atoms with van der Waals surface area (Å²) in [5.41, 5.74) is 3.56. The lowest BCUT2D eigenvalue weighted by Crippen LogP contribution is -2.36. The van der Waals surface area contributed by atoms with Gasteiger partial charge in [0.1, 0.15) is 5.82 Å². The first-order chi connectivity index (χ1) is 16.6. The molecule has 1 amide bonds. The second-order valence-electron chi connectivity index (χ2n) is 8.11. The average molecular weight is 479 g/mol. The fourth-order valence-electron chi connectivity index (χ4n) is 3.83. The maximum Gasteiger partial charge on any atom is 0.251 e. The smallest absolute Gasteiger partial charge is 0.251 e. The van der Waals surface area contributed by atoms with Crippen LogP contribution in [0.25, 0.3) is 0 Å². The summed E-state index contributed by atoms with van der Waals surface area (Å²) in [4.78, 5) is 24.3. The number of hydrogen-bond donors (Lipinski definition) is 1. The van der Waals surface area contributed by atoms with Gasteiger partial charge in [-0.05, 0) is 42.3 Å². The van der Waals surface area contributed by atoms with Gasteiger partial charge < -0.3 is 24.4 Å². The van der Waals surface area contributed by atoms with Crippen molar-refractivity contribution in [2.75, 3.05) is 38.0 Å². The number of thioether (sulfide) groups is 1. The molecule has 9 heteroatoms. The third-order valence-corrected chi connectivity index (χ3v) is 6.52. The molecule has 2 aromatic carbocycles. The first-order valence-corrected chi connectivity index (χ1v) is 12.2. The lowest BCUT2D eigenvalue weighted by Gasteiger charge is -2.28. The van der Waals surface area contributed by atoms with Crippen LogP contribution in [0.1, 0.15) is 27.2 Å². The van der Waals surface area contributed by atoms with Gasteiger partial charge in [0.25, 0.3) is 5.91 Å². The van der Waals surface area contributed by atoms with Gasteiger partial charge in [-0.2, -0.15) is 0 Å². The Labute approximate surface area is 202 Å². The number of carbonyl (C=O) groups excluding carboxylic acids is 1. The number of nitrogens with zero attached hydrogens (tertiary/aromatic N) is 3. The van der Waals surface area contributed by atoms with E-state index in [0.717, 1.165) is 59.8 Å². The van der Waals surface area contributed by atoms with Gasteiger partial charge in [0.05, 0.1) is 13.2 Å². The molecule has 0 bridgehead atoms. The summed E-state index contributed by atoms with van der Waals surface area (Å²) in [6.45, 7) is 5.74. The van der Waals surface area contributed by atoms with Crippen LogP contribution in [0.15, 0.2) is 53.7 Å². The Morgan fingerprint density at radius 3 is 2.76 bits per heavy atom. The van der Waals surface area contributed by atoms with Crippen molar-refractivity contribution in [1.82, 2.24) is 15.3 Å². The fraction of sp³-hybridized carbons (Fsp3) is 0.320.